The molecular weight excluding hydrogens is 290 g/mol. The van der Waals surface area contributed by atoms with Crippen molar-refractivity contribution in [3.05, 3.63) is 0 Å². The largest absolute Gasteiger partial charge is 0.343 e. The SMILES string of the molecule is CCN(CC)C(=O)C1CCN(C(=O)C2CCCN2)CC1.Cl. The van der Waals surface area contributed by atoms with Crippen LogP contribution < -0.4 is 5.32 Å². The van der Waals surface area contributed by atoms with Gasteiger partial charge < -0.3 is 15.1 Å². The normalized spacial score (nSPS) is 22.8. The third-order valence-electron chi connectivity index (χ3n) is 4.59. The topological polar surface area (TPSA) is 52.7 Å². The van der Waals surface area contributed by atoms with Crippen molar-refractivity contribution in [2.45, 2.75) is 45.6 Å². The van der Waals surface area contributed by atoms with Gasteiger partial charge in [-0.1, -0.05) is 0 Å². The number of carbonyl (C=O) groups excluding carboxylic acids is 2. The predicted octanol–water partition coefficient (Wildman–Crippen LogP) is 1.27. The molecule has 2 aliphatic heterocycles. The maximum absolute atomic E-state index is 12.3. The molecule has 2 rings (SSSR count). The highest BCUT2D eigenvalue weighted by atomic mass is 35.5. The molecule has 2 heterocycles. The summed E-state index contributed by atoms with van der Waals surface area (Å²) in [6, 6.07) is 0.0185. The van der Waals surface area contributed by atoms with Crippen molar-refractivity contribution in [1.29, 1.82) is 0 Å². The van der Waals surface area contributed by atoms with Crippen LogP contribution in [0, 0.1) is 5.92 Å². The minimum Gasteiger partial charge on any atom is -0.343 e. The minimum absolute atomic E-state index is 0. The first-order valence-corrected chi connectivity index (χ1v) is 7.98. The second-order valence-electron chi connectivity index (χ2n) is 5.76. The first kappa shape index (κ1) is 18.2. The number of nitrogens with zero attached hydrogens (tertiary/aromatic N) is 2. The molecule has 122 valence electrons. The average Bonchev–Trinajstić information content (AvgIpc) is 3.02. The van der Waals surface area contributed by atoms with Crippen molar-refractivity contribution in [2.24, 2.45) is 5.92 Å². The zero-order valence-corrected chi connectivity index (χ0v) is 14.0. The highest BCUT2D eigenvalue weighted by Crippen LogP contribution is 2.21. The van der Waals surface area contributed by atoms with Crippen molar-refractivity contribution in [3.63, 3.8) is 0 Å². The van der Waals surface area contributed by atoms with E-state index in [2.05, 4.69) is 5.32 Å². The van der Waals surface area contributed by atoms with Crippen LogP contribution in [0.1, 0.15) is 39.5 Å². The van der Waals surface area contributed by atoms with Gasteiger partial charge in [-0.25, -0.2) is 0 Å². The van der Waals surface area contributed by atoms with Crippen LogP contribution in [0.5, 0.6) is 0 Å². The van der Waals surface area contributed by atoms with E-state index in [1.54, 1.807) is 0 Å². The van der Waals surface area contributed by atoms with E-state index in [9.17, 15) is 9.59 Å². The molecule has 0 radical (unpaired) electrons. The van der Waals surface area contributed by atoms with Gasteiger partial charge in [0, 0.05) is 32.1 Å². The van der Waals surface area contributed by atoms with E-state index in [1.165, 1.54) is 0 Å². The summed E-state index contributed by atoms with van der Waals surface area (Å²) in [6.07, 6.45) is 3.67. The third-order valence-corrected chi connectivity index (χ3v) is 4.59. The van der Waals surface area contributed by atoms with Crippen LogP contribution in [0.15, 0.2) is 0 Å². The number of halogens is 1. The van der Waals surface area contributed by atoms with Crippen LogP contribution in [-0.4, -0.2) is 60.4 Å². The zero-order chi connectivity index (χ0) is 14.5. The molecule has 1 N–H and O–H groups in total. The Hall–Kier alpha value is -0.810. The number of carbonyl (C=O) groups is 2. The Labute approximate surface area is 133 Å². The summed E-state index contributed by atoms with van der Waals surface area (Å²) in [4.78, 5) is 28.4. The Morgan fingerprint density at radius 2 is 1.76 bits per heavy atom. The molecular formula is C15H28ClN3O2. The Morgan fingerprint density at radius 1 is 1.14 bits per heavy atom. The smallest absolute Gasteiger partial charge is 0.239 e. The maximum atomic E-state index is 12.3. The van der Waals surface area contributed by atoms with Gasteiger partial charge in [0.15, 0.2) is 0 Å². The Balaban J connectivity index is 0.00000220. The summed E-state index contributed by atoms with van der Waals surface area (Å²) < 4.78 is 0. The first-order valence-electron chi connectivity index (χ1n) is 7.98. The van der Waals surface area contributed by atoms with Gasteiger partial charge in [0.2, 0.25) is 11.8 Å². The van der Waals surface area contributed by atoms with Gasteiger partial charge in [-0.2, -0.15) is 0 Å². The molecule has 0 aliphatic carbocycles. The monoisotopic (exact) mass is 317 g/mol. The molecule has 2 fully saturated rings. The highest BCUT2D eigenvalue weighted by Gasteiger charge is 2.32. The number of hydrogen-bond acceptors (Lipinski definition) is 3. The molecule has 1 unspecified atom stereocenters. The summed E-state index contributed by atoms with van der Waals surface area (Å²) in [5, 5.41) is 3.26. The van der Waals surface area contributed by atoms with Crippen molar-refractivity contribution in [3.8, 4) is 0 Å². The van der Waals surface area contributed by atoms with E-state index in [1.807, 2.05) is 23.6 Å². The van der Waals surface area contributed by atoms with Gasteiger partial charge >= 0.3 is 0 Å². The number of nitrogens with one attached hydrogen (secondary N) is 1. The molecule has 0 spiro atoms. The molecule has 2 amide bonds. The van der Waals surface area contributed by atoms with Crippen LogP contribution in [0.3, 0.4) is 0 Å². The van der Waals surface area contributed by atoms with Gasteiger partial charge in [0.25, 0.3) is 0 Å². The lowest BCUT2D eigenvalue weighted by molar-refractivity contribution is -0.141. The van der Waals surface area contributed by atoms with Crippen LogP contribution in [0.4, 0.5) is 0 Å². The van der Waals surface area contributed by atoms with Crippen LogP contribution in [-0.2, 0) is 9.59 Å². The number of likely N-dealkylation sites (tertiary alicyclic amines) is 1. The van der Waals surface area contributed by atoms with Gasteiger partial charge in [-0.05, 0) is 46.1 Å². The van der Waals surface area contributed by atoms with Crippen LogP contribution in [0.2, 0.25) is 0 Å². The third kappa shape index (κ3) is 4.33. The van der Waals surface area contributed by atoms with E-state index < -0.39 is 0 Å². The summed E-state index contributed by atoms with van der Waals surface area (Å²) in [5.74, 6) is 0.604. The van der Waals surface area contributed by atoms with Gasteiger partial charge in [-0.3, -0.25) is 9.59 Å². The molecule has 0 aromatic carbocycles. The lowest BCUT2D eigenvalue weighted by atomic mass is 9.94. The number of hydrogen-bond donors (Lipinski definition) is 1. The number of rotatable bonds is 4. The second kappa shape index (κ2) is 8.59. The fourth-order valence-electron chi connectivity index (χ4n) is 3.26. The van der Waals surface area contributed by atoms with E-state index in [0.29, 0.717) is 0 Å². The molecule has 0 saturated carbocycles. The minimum atomic E-state index is 0. The molecule has 0 bridgehead atoms. The van der Waals surface area contributed by atoms with E-state index >= 15 is 0 Å². The Kier molecular flexibility index (Phi) is 7.46. The summed E-state index contributed by atoms with van der Waals surface area (Å²) in [6.45, 7) is 8.01. The molecule has 1 atom stereocenters. The van der Waals surface area contributed by atoms with Crippen molar-refractivity contribution in [2.75, 3.05) is 32.7 Å². The maximum Gasteiger partial charge on any atom is 0.239 e. The molecule has 2 saturated heterocycles. The molecule has 2 aliphatic rings. The lowest BCUT2D eigenvalue weighted by Gasteiger charge is -2.34. The molecule has 6 heteroatoms. The standard InChI is InChI=1S/C15H27N3O2.ClH/c1-3-17(4-2)14(19)12-7-10-18(11-8-12)15(20)13-6-5-9-16-13;/h12-13,16H,3-11H2,1-2H3;1H. The van der Waals surface area contributed by atoms with Gasteiger partial charge in [-0.15, -0.1) is 12.4 Å². The van der Waals surface area contributed by atoms with E-state index in [4.69, 9.17) is 0 Å². The van der Waals surface area contributed by atoms with Crippen LogP contribution >= 0.6 is 12.4 Å². The Morgan fingerprint density at radius 3 is 2.24 bits per heavy atom. The predicted molar refractivity (Wildman–Crippen MR) is 85.5 cm³/mol. The molecule has 5 nitrogen and oxygen atoms in total. The van der Waals surface area contributed by atoms with Gasteiger partial charge in [0.1, 0.15) is 0 Å². The first-order chi connectivity index (χ1) is 9.67. The zero-order valence-electron chi connectivity index (χ0n) is 13.1. The van der Waals surface area contributed by atoms with Crippen LogP contribution in [0.25, 0.3) is 0 Å². The van der Waals surface area contributed by atoms with E-state index in [0.717, 1.165) is 58.4 Å². The Bertz CT molecular complexity index is 325. The quantitative estimate of drug-likeness (QED) is 0.849. The molecule has 21 heavy (non-hydrogen) atoms. The summed E-state index contributed by atoms with van der Waals surface area (Å²) in [5.41, 5.74) is 0. The van der Waals surface area contributed by atoms with E-state index in [-0.39, 0.29) is 36.2 Å². The highest BCUT2D eigenvalue weighted by molar-refractivity contribution is 5.85. The summed E-state index contributed by atoms with van der Waals surface area (Å²) in [7, 11) is 0. The average molecular weight is 318 g/mol. The number of amides is 2. The van der Waals surface area contributed by atoms with Crippen molar-refractivity contribution in [1.82, 2.24) is 15.1 Å². The van der Waals surface area contributed by atoms with Crippen molar-refractivity contribution < 1.29 is 9.59 Å². The van der Waals surface area contributed by atoms with Crippen molar-refractivity contribution >= 4 is 24.2 Å². The fourth-order valence-corrected chi connectivity index (χ4v) is 3.26. The second-order valence-corrected chi connectivity index (χ2v) is 5.76. The molecule has 0 aromatic heterocycles. The lowest BCUT2D eigenvalue weighted by Crippen LogP contribution is -2.49. The molecule has 0 aromatic rings. The fraction of sp³-hybridized carbons (Fsp3) is 0.867. The van der Waals surface area contributed by atoms with Gasteiger partial charge in [0.05, 0.1) is 6.04 Å². The number of piperidine rings is 1. The summed E-state index contributed by atoms with van der Waals surface area (Å²) >= 11 is 0.